The van der Waals surface area contributed by atoms with Gasteiger partial charge in [0.2, 0.25) is 5.91 Å². The second-order valence-electron chi connectivity index (χ2n) is 7.44. The number of nitrogens with zero attached hydrogens (tertiary/aromatic N) is 2. The van der Waals surface area contributed by atoms with Crippen LogP contribution < -0.4 is 4.74 Å². The molecule has 0 aliphatic carbocycles. The average Bonchev–Trinajstić information content (AvgIpc) is 3.47. The van der Waals surface area contributed by atoms with Crippen molar-refractivity contribution in [1.29, 1.82) is 0 Å². The number of ether oxygens (including phenoxy) is 2. The Labute approximate surface area is 177 Å². The second kappa shape index (κ2) is 10.8. The highest BCUT2D eigenvalue weighted by atomic mass is 16.5. The van der Waals surface area contributed by atoms with E-state index in [9.17, 15) is 9.59 Å². The van der Waals surface area contributed by atoms with Gasteiger partial charge in [-0.25, -0.2) is 0 Å². The van der Waals surface area contributed by atoms with Crippen LogP contribution in [0, 0.1) is 0 Å². The molecular formula is C23H30N2O5. The topological polar surface area (TPSA) is 72.2 Å². The Hall–Kier alpha value is -2.80. The van der Waals surface area contributed by atoms with Gasteiger partial charge in [0.15, 0.2) is 0 Å². The zero-order valence-corrected chi connectivity index (χ0v) is 17.7. The first-order chi connectivity index (χ1) is 14.6. The van der Waals surface area contributed by atoms with Gasteiger partial charge in [-0.15, -0.1) is 0 Å². The van der Waals surface area contributed by atoms with Crippen LogP contribution >= 0.6 is 0 Å². The fourth-order valence-corrected chi connectivity index (χ4v) is 3.58. The molecule has 1 aromatic heterocycles. The SMILES string of the molecule is CCCN(CC(=O)N(Cc1ccco1)C[C@@H]1CCCO1)C(=O)c1ccc(OC)cc1. The van der Waals surface area contributed by atoms with Gasteiger partial charge in [-0.1, -0.05) is 6.92 Å². The third-order valence-electron chi connectivity index (χ3n) is 5.17. The maximum Gasteiger partial charge on any atom is 0.254 e. The van der Waals surface area contributed by atoms with Crippen molar-refractivity contribution in [3.63, 3.8) is 0 Å². The summed E-state index contributed by atoms with van der Waals surface area (Å²) in [6, 6.07) is 10.6. The van der Waals surface area contributed by atoms with Crippen molar-refractivity contribution in [3.8, 4) is 5.75 Å². The van der Waals surface area contributed by atoms with Crippen LogP contribution in [0.1, 0.15) is 42.3 Å². The minimum atomic E-state index is -0.164. The highest BCUT2D eigenvalue weighted by Crippen LogP contribution is 2.17. The smallest absolute Gasteiger partial charge is 0.254 e. The van der Waals surface area contributed by atoms with Gasteiger partial charge in [0.05, 0.1) is 26.0 Å². The molecule has 162 valence electrons. The molecule has 1 aliphatic rings. The molecule has 1 aromatic carbocycles. The maximum atomic E-state index is 13.2. The number of hydrogen-bond donors (Lipinski definition) is 0. The molecule has 0 unspecified atom stereocenters. The van der Waals surface area contributed by atoms with Crippen molar-refractivity contribution in [3.05, 3.63) is 54.0 Å². The zero-order valence-electron chi connectivity index (χ0n) is 17.7. The molecule has 1 saturated heterocycles. The van der Waals surface area contributed by atoms with E-state index in [2.05, 4.69) is 0 Å². The number of amides is 2. The molecule has 0 N–H and O–H groups in total. The first-order valence-corrected chi connectivity index (χ1v) is 10.5. The molecule has 0 radical (unpaired) electrons. The van der Waals surface area contributed by atoms with Crippen LogP contribution in [-0.4, -0.2) is 61.1 Å². The Morgan fingerprint density at radius 2 is 1.97 bits per heavy atom. The van der Waals surface area contributed by atoms with E-state index in [1.807, 2.05) is 13.0 Å². The van der Waals surface area contributed by atoms with E-state index < -0.39 is 0 Å². The monoisotopic (exact) mass is 414 g/mol. The van der Waals surface area contributed by atoms with Crippen molar-refractivity contribution >= 4 is 11.8 Å². The number of benzene rings is 1. The summed E-state index contributed by atoms with van der Waals surface area (Å²) in [7, 11) is 1.58. The average molecular weight is 415 g/mol. The Balaban J connectivity index is 1.71. The van der Waals surface area contributed by atoms with E-state index in [-0.39, 0.29) is 24.5 Å². The zero-order chi connectivity index (χ0) is 21.3. The minimum Gasteiger partial charge on any atom is -0.497 e. The fraction of sp³-hybridized carbons (Fsp3) is 0.478. The molecule has 1 atom stereocenters. The van der Waals surface area contributed by atoms with Crippen LogP contribution in [0.25, 0.3) is 0 Å². The van der Waals surface area contributed by atoms with Crippen molar-refractivity contribution < 1.29 is 23.5 Å². The van der Waals surface area contributed by atoms with Crippen LogP contribution in [0.4, 0.5) is 0 Å². The number of rotatable bonds is 10. The van der Waals surface area contributed by atoms with Crippen LogP contribution in [-0.2, 0) is 16.1 Å². The van der Waals surface area contributed by atoms with E-state index in [1.165, 1.54) is 0 Å². The Bertz CT molecular complexity index is 798. The molecule has 0 saturated carbocycles. The number of carbonyl (C=O) groups is 2. The first kappa shape index (κ1) is 21.9. The molecule has 2 aromatic rings. The summed E-state index contributed by atoms with van der Waals surface area (Å²) < 4.78 is 16.3. The lowest BCUT2D eigenvalue weighted by atomic mass is 10.1. The summed E-state index contributed by atoms with van der Waals surface area (Å²) >= 11 is 0. The van der Waals surface area contributed by atoms with Crippen molar-refractivity contribution in [2.24, 2.45) is 0 Å². The molecular weight excluding hydrogens is 384 g/mol. The van der Waals surface area contributed by atoms with Crippen LogP contribution in [0.3, 0.4) is 0 Å². The molecule has 30 heavy (non-hydrogen) atoms. The predicted molar refractivity (Wildman–Crippen MR) is 112 cm³/mol. The van der Waals surface area contributed by atoms with E-state index in [4.69, 9.17) is 13.9 Å². The van der Waals surface area contributed by atoms with E-state index in [0.29, 0.717) is 36.7 Å². The molecule has 0 spiro atoms. The third-order valence-corrected chi connectivity index (χ3v) is 5.17. The standard InChI is InChI=1S/C23H30N2O5/c1-3-12-24(23(27)18-8-10-19(28-2)11-9-18)17-22(26)25(15-20-6-4-13-29-20)16-21-7-5-14-30-21/h4,6,8-11,13,21H,3,5,7,12,14-17H2,1-2H3/t21-/m0/s1. The van der Waals surface area contributed by atoms with Gasteiger partial charge in [0, 0.05) is 25.3 Å². The lowest BCUT2D eigenvalue weighted by molar-refractivity contribution is -0.134. The molecule has 2 amide bonds. The highest BCUT2D eigenvalue weighted by Gasteiger charge is 2.26. The first-order valence-electron chi connectivity index (χ1n) is 10.5. The molecule has 1 fully saturated rings. The predicted octanol–water partition coefficient (Wildman–Crippen LogP) is 3.35. The maximum absolute atomic E-state index is 13.2. The summed E-state index contributed by atoms with van der Waals surface area (Å²) in [6.07, 6.45) is 4.33. The van der Waals surface area contributed by atoms with E-state index >= 15 is 0 Å². The molecule has 7 nitrogen and oxygen atoms in total. The van der Waals surface area contributed by atoms with Gasteiger partial charge in [0.1, 0.15) is 18.1 Å². The van der Waals surface area contributed by atoms with Gasteiger partial charge < -0.3 is 23.7 Å². The summed E-state index contributed by atoms with van der Waals surface area (Å²) in [5.74, 6) is 1.12. The molecule has 1 aliphatic heterocycles. The number of furan rings is 1. The largest absolute Gasteiger partial charge is 0.497 e. The van der Waals surface area contributed by atoms with Crippen LogP contribution in [0.2, 0.25) is 0 Å². The van der Waals surface area contributed by atoms with Gasteiger partial charge in [-0.2, -0.15) is 0 Å². The third kappa shape index (κ3) is 5.86. The summed E-state index contributed by atoms with van der Waals surface area (Å²) in [5.41, 5.74) is 0.536. The number of methoxy groups -OCH3 is 1. The normalized spacial score (nSPS) is 15.7. The van der Waals surface area contributed by atoms with Gasteiger partial charge in [-0.05, 0) is 55.7 Å². The van der Waals surface area contributed by atoms with Gasteiger partial charge in [-0.3, -0.25) is 9.59 Å². The van der Waals surface area contributed by atoms with Crippen LogP contribution in [0.15, 0.2) is 47.1 Å². The summed E-state index contributed by atoms with van der Waals surface area (Å²) in [5, 5.41) is 0. The van der Waals surface area contributed by atoms with E-state index in [1.54, 1.807) is 53.5 Å². The quantitative estimate of drug-likeness (QED) is 0.596. The second-order valence-corrected chi connectivity index (χ2v) is 7.44. The van der Waals surface area contributed by atoms with Crippen molar-refractivity contribution in [2.45, 2.75) is 38.8 Å². The van der Waals surface area contributed by atoms with E-state index in [0.717, 1.165) is 25.9 Å². The van der Waals surface area contributed by atoms with Gasteiger partial charge >= 0.3 is 0 Å². The molecule has 7 heteroatoms. The number of carbonyl (C=O) groups excluding carboxylic acids is 2. The summed E-state index contributed by atoms with van der Waals surface area (Å²) in [4.78, 5) is 29.6. The minimum absolute atomic E-state index is 0.0200. The lowest BCUT2D eigenvalue weighted by Crippen LogP contribution is -2.45. The number of hydrogen-bond acceptors (Lipinski definition) is 5. The Morgan fingerprint density at radius 1 is 1.17 bits per heavy atom. The molecule has 0 bridgehead atoms. The highest BCUT2D eigenvalue weighted by molar-refractivity contribution is 5.96. The van der Waals surface area contributed by atoms with Gasteiger partial charge in [0.25, 0.3) is 5.91 Å². The van der Waals surface area contributed by atoms with Crippen LogP contribution in [0.5, 0.6) is 5.75 Å². The summed E-state index contributed by atoms with van der Waals surface area (Å²) in [6.45, 7) is 4.10. The lowest BCUT2D eigenvalue weighted by Gasteiger charge is -2.28. The van der Waals surface area contributed by atoms with Crippen molar-refractivity contribution in [2.75, 3.05) is 33.4 Å². The fourth-order valence-electron chi connectivity index (χ4n) is 3.58. The molecule has 3 rings (SSSR count). The van der Waals surface area contributed by atoms with Crippen molar-refractivity contribution in [1.82, 2.24) is 9.80 Å². The molecule has 2 heterocycles. The Morgan fingerprint density at radius 3 is 2.57 bits per heavy atom. The Kier molecular flexibility index (Phi) is 7.90.